The monoisotopic (exact) mass is 442 g/mol. The molecule has 0 aliphatic heterocycles. The van der Waals surface area contributed by atoms with E-state index >= 15 is 0 Å². The van der Waals surface area contributed by atoms with Crippen LogP contribution >= 0.6 is 22.7 Å². The van der Waals surface area contributed by atoms with E-state index in [0.29, 0.717) is 8.42 Å². The molecule has 0 bridgehead atoms. The van der Waals surface area contributed by atoms with E-state index < -0.39 is 9.84 Å². The maximum atomic E-state index is 13.8. The molecule has 0 spiro atoms. The van der Waals surface area contributed by atoms with Gasteiger partial charge in [0.2, 0.25) is 9.84 Å². The highest BCUT2D eigenvalue weighted by atomic mass is 32.3. The number of sulfone groups is 1. The van der Waals surface area contributed by atoms with Crippen LogP contribution in [0, 0.1) is 55.4 Å². The van der Waals surface area contributed by atoms with Crippen molar-refractivity contribution in [1.29, 1.82) is 0 Å². The van der Waals surface area contributed by atoms with Gasteiger partial charge in [0, 0.05) is 9.40 Å². The summed E-state index contributed by atoms with van der Waals surface area (Å²) in [6.45, 7) is 16.5. The predicted octanol–water partition coefficient (Wildman–Crippen LogP) is 7.42. The van der Waals surface area contributed by atoms with Crippen molar-refractivity contribution < 1.29 is 8.42 Å². The summed E-state index contributed by atoms with van der Waals surface area (Å²) in [5.41, 5.74) is 9.03. The number of rotatable bonds is 2. The van der Waals surface area contributed by atoms with Gasteiger partial charge in [-0.3, -0.25) is 0 Å². The van der Waals surface area contributed by atoms with Gasteiger partial charge in [-0.1, -0.05) is 0 Å². The lowest BCUT2D eigenvalue weighted by molar-refractivity contribution is 0.599. The molecule has 0 radical (unpaired) electrons. The fourth-order valence-corrected chi connectivity index (χ4v) is 9.79. The molecule has 0 aliphatic rings. The quantitative estimate of drug-likeness (QED) is 0.324. The first kappa shape index (κ1) is 20.6. The molecule has 0 saturated heterocycles. The first-order valence-corrected chi connectivity index (χ1v) is 12.8. The van der Waals surface area contributed by atoms with Crippen molar-refractivity contribution in [1.82, 2.24) is 0 Å². The zero-order valence-corrected chi connectivity index (χ0v) is 20.6. The van der Waals surface area contributed by atoms with Crippen LogP contribution in [-0.2, 0) is 9.84 Å². The highest BCUT2D eigenvalue weighted by molar-refractivity contribution is 7.95. The summed E-state index contributed by atoms with van der Waals surface area (Å²) < 4.78 is 30.7. The smallest absolute Gasteiger partial charge is 0.217 e. The Labute approximate surface area is 181 Å². The van der Waals surface area contributed by atoms with Crippen molar-refractivity contribution in [3.63, 3.8) is 0 Å². The molecule has 0 N–H and O–H groups in total. The van der Waals surface area contributed by atoms with Crippen molar-refractivity contribution in [3.05, 3.63) is 56.6 Å². The van der Waals surface area contributed by atoms with E-state index in [-0.39, 0.29) is 0 Å². The minimum Gasteiger partial charge on any atom is -0.217 e. The number of benzene rings is 2. The van der Waals surface area contributed by atoms with E-state index in [4.69, 9.17) is 0 Å². The van der Waals surface area contributed by atoms with Crippen molar-refractivity contribution in [3.8, 4) is 0 Å². The van der Waals surface area contributed by atoms with Crippen molar-refractivity contribution >= 4 is 52.7 Å². The highest BCUT2D eigenvalue weighted by Crippen LogP contribution is 2.45. The Morgan fingerprint density at radius 2 is 0.897 bits per heavy atom. The summed E-state index contributed by atoms with van der Waals surface area (Å²) in [6, 6.07) is 4.26. The molecule has 2 aromatic heterocycles. The van der Waals surface area contributed by atoms with Gasteiger partial charge in [0.15, 0.2) is 0 Å². The van der Waals surface area contributed by atoms with Crippen LogP contribution in [-0.4, -0.2) is 8.42 Å². The topological polar surface area (TPSA) is 34.1 Å². The van der Waals surface area contributed by atoms with Crippen LogP contribution in [0.3, 0.4) is 0 Å². The molecule has 2 heterocycles. The molecule has 0 saturated carbocycles. The summed E-state index contributed by atoms with van der Waals surface area (Å²) in [7, 11) is -3.57. The van der Waals surface area contributed by atoms with Crippen LogP contribution in [0.15, 0.2) is 20.6 Å². The van der Waals surface area contributed by atoms with Gasteiger partial charge in [-0.05, 0) is 123 Å². The van der Waals surface area contributed by atoms with Crippen LogP contribution in [0.5, 0.6) is 0 Å². The Hall–Kier alpha value is -1.69. The Morgan fingerprint density at radius 1 is 0.552 bits per heavy atom. The summed E-state index contributed by atoms with van der Waals surface area (Å²) in [5.74, 6) is 0. The van der Waals surface area contributed by atoms with Crippen LogP contribution in [0.1, 0.15) is 44.5 Å². The lowest BCUT2D eigenvalue weighted by atomic mass is 9.99. The number of hydrogen-bond acceptors (Lipinski definition) is 4. The molecule has 0 atom stereocenters. The summed E-state index contributed by atoms with van der Waals surface area (Å²) >= 11 is 2.82. The van der Waals surface area contributed by atoms with Gasteiger partial charge < -0.3 is 0 Å². The molecule has 152 valence electrons. The van der Waals surface area contributed by atoms with Crippen LogP contribution in [0.25, 0.3) is 20.2 Å². The Bertz CT molecular complexity index is 1330. The lowest BCUT2D eigenvalue weighted by Crippen LogP contribution is -2.01. The van der Waals surface area contributed by atoms with E-state index in [2.05, 4.69) is 53.7 Å². The van der Waals surface area contributed by atoms with E-state index in [1.54, 1.807) is 0 Å². The standard InChI is InChI=1S/C24H26O2S3/c1-11-9-19-21(15(5)13(11)3)17(7)23(27-19)29(25,26)24-18(8)22-16(6)14(4)12(2)10-20(22)28-24/h9-10H,1-8H3. The summed E-state index contributed by atoms with van der Waals surface area (Å²) in [6.07, 6.45) is 0. The van der Waals surface area contributed by atoms with Gasteiger partial charge in [-0.2, -0.15) is 0 Å². The highest BCUT2D eigenvalue weighted by Gasteiger charge is 2.30. The molecule has 4 aromatic rings. The molecule has 5 heteroatoms. The Balaban J connectivity index is 2.04. The third-order valence-corrected chi connectivity index (χ3v) is 12.0. The number of fused-ring (bicyclic) bond motifs is 2. The van der Waals surface area contributed by atoms with Crippen LogP contribution < -0.4 is 0 Å². The molecule has 0 unspecified atom stereocenters. The zero-order chi connectivity index (χ0) is 21.4. The fourth-order valence-electron chi connectivity index (χ4n) is 4.34. The molecule has 4 rings (SSSR count). The van der Waals surface area contributed by atoms with Crippen LogP contribution in [0.2, 0.25) is 0 Å². The first-order chi connectivity index (χ1) is 13.5. The van der Waals surface area contributed by atoms with Gasteiger partial charge in [-0.15, -0.1) is 22.7 Å². The first-order valence-electron chi connectivity index (χ1n) is 9.71. The molecular weight excluding hydrogens is 416 g/mol. The van der Waals surface area contributed by atoms with E-state index in [9.17, 15) is 8.42 Å². The number of aryl methyl sites for hydroxylation is 6. The molecule has 0 amide bonds. The molecule has 2 nitrogen and oxygen atoms in total. The van der Waals surface area contributed by atoms with E-state index in [0.717, 1.165) is 31.3 Å². The van der Waals surface area contributed by atoms with E-state index in [1.165, 1.54) is 56.1 Å². The SMILES string of the molecule is Cc1cc2sc(S(=O)(=O)c3sc4cc(C)c(C)c(C)c4c3C)c(C)c2c(C)c1C. The molecule has 0 aliphatic carbocycles. The molecular formula is C24H26O2S3. The van der Waals surface area contributed by atoms with Crippen molar-refractivity contribution in [2.75, 3.05) is 0 Å². The normalized spacial score (nSPS) is 12.4. The largest absolute Gasteiger partial charge is 0.225 e. The number of thiophene rings is 2. The average molecular weight is 443 g/mol. The Kier molecular flexibility index (Phi) is 4.72. The molecule has 2 aromatic carbocycles. The second-order valence-corrected chi connectivity index (χ2v) is 12.6. The van der Waals surface area contributed by atoms with Crippen molar-refractivity contribution in [2.45, 2.75) is 63.8 Å². The van der Waals surface area contributed by atoms with Crippen molar-refractivity contribution in [2.24, 2.45) is 0 Å². The third-order valence-electron chi connectivity index (χ3n) is 6.50. The minimum absolute atomic E-state index is 0.487. The van der Waals surface area contributed by atoms with Gasteiger partial charge >= 0.3 is 0 Å². The van der Waals surface area contributed by atoms with Crippen LogP contribution in [0.4, 0.5) is 0 Å². The van der Waals surface area contributed by atoms with E-state index in [1.807, 2.05) is 13.8 Å². The number of hydrogen-bond donors (Lipinski definition) is 0. The van der Waals surface area contributed by atoms with Gasteiger partial charge in [0.25, 0.3) is 0 Å². The summed E-state index contributed by atoms with van der Waals surface area (Å²) in [4.78, 5) is 0. The minimum atomic E-state index is -3.57. The second-order valence-electron chi connectivity index (χ2n) is 8.17. The van der Waals surface area contributed by atoms with Gasteiger partial charge in [0.05, 0.1) is 0 Å². The lowest BCUT2D eigenvalue weighted by Gasteiger charge is -2.07. The molecule has 29 heavy (non-hydrogen) atoms. The fraction of sp³-hybridized carbons (Fsp3) is 0.333. The maximum absolute atomic E-state index is 13.8. The van der Waals surface area contributed by atoms with Gasteiger partial charge in [-0.25, -0.2) is 8.42 Å². The third kappa shape index (κ3) is 2.82. The average Bonchev–Trinajstić information content (AvgIpc) is 3.16. The zero-order valence-electron chi connectivity index (χ0n) is 18.2. The maximum Gasteiger partial charge on any atom is 0.225 e. The van der Waals surface area contributed by atoms with Gasteiger partial charge in [0.1, 0.15) is 8.42 Å². The second kappa shape index (κ2) is 6.66. The molecule has 0 fully saturated rings. The summed E-state index contributed by atoms with van der Waals surface area (Å²) in [5, 5.41) is 2.19. The Morgan fingerprint density at radius 3 is 1.24 bits per heavy atom. The predicted molar refractivity (Wildman–Crippen MR) is 127 cm³/mol.